The summed E-state index contributed by atoms with van der Waals surface area (Å²) in [6.45, 7) is 1.63. The van der Waals surface area contributed by atoms with Gasteiger partial charge in [0.2, 0.25) is 0 Å². The molecule has 134 valence electrons. The van der Waals surface area contributed by atoms with Gasteiger partial charge >= 0.3 is 5.97 Å². The second-order valence-electron chi connectivity index (χ2n) is 6.55. The number of carboxylic acids is 1. The van der Waals surface area contributed by atoms with Gasteiger partial charge in [0.15, 0.2) is 0 Å². The van der Waals surface area contributed by atoms with Crippen LogP contribution in [0.15, 0.2) is 42.5 Å². The van der Waals surface area contributed by atoms with Gasteiger partial charge in [-0.3, -0.25) is 0 Å². The van der Waals surface area contributed by atoms with Crippen molar-refractivity contribution < 1.29 is 14.3 Å². The van der Waals surface area contributed by atoms with Gasteiger partial charge in [-0.25, -0.2) is 9.18 Å². The lowest BCUT2D eigenvalue weighted by Crippen LogP contribution is -2.27. The molecule has 6 heteroatoms. The molecule has 1 fully saturated rings. The molecule has 0 amide bonds. The highest BCUT2D eigenvalue weighted by molar-refractivity contribution is 6.31. The first-order chi connectivity index (χ1) is 12.6. The summed E-state index contributed by atoms with van der Waals surface area (Å²) in [5.74, 6) is -1.48. The standard InChI is InChI=1S/C20H18ClFN2O2/c21-15-11-17-14(10-16(15)22)18(12-6-8-23-9-7-12)19(20(25)26)24(17)13-4-2-1-3-5-13/h1-5,10-12,23H,6-9H2,(H,25,26). The molecule has 0 atom stereocenters. The zero-order valence-electron chi connectivity index (χ0n) is 14.0. The molecule has 0 unspecified atom stereocenters. The highest BCUT2D eigenvalue weighted by atomic mass is 35.5. The number of halogens is 2. The highest BCUT2D eigenvalue weighted by Crippen LogP contribution is 2.39. The summed E-state index contributed by atoms with van der Waals surface area (Å²) < 4.78 is 15.9. The molecule has 1 saturated heterocycles. The van der Waals surface area contributed by atoms with Gasteiger partial charge in [0.05, 0.1) is 10.5 Å². The molecule has 2 aromatic carbocycles. The van der Waals surface area contributed by atoms with Gasteiger partial charge in [-0.2, -0.15) is 0 Å². The van der Waals surface area contributed by atoms with E-state index in [1.165, 1.54) is 12.1 Å². The normalized spacial score (nSPS) is 15.5. The van der Waals surface area contributed by atoms with Crippen molar-refractivity contribution in [2.45, 2.75) is 18.8 Å². The molecule has 4 rings (SSSR count). The molecule has 2 heterocycles. The first kappa shape index (κ1) is 17.1. The zero-order chi connectivity index (χ0) is 18.3. The van der Waals surface area contributed by atoms with Crippen LogP contribution in [-0.4, -0.2) is 28.7 Å². The molecule has 2 N–H and O–H groups in total. The van der Waals surface area contributed by atoms with Gasteiger partial charge in [-0.1, -0.05) is 29.8 Å². The van der Waals surface area contributed by atoms with E-state index in [2.05, 4.69) is 5.32 Å². The van der Waals surface area contributed by atoms with Crippen molar-refractivity contribution in [1.82, 2.24) is 9.88 Å². The van der Waals surface area contributed by atoms with E-state index in [1.54, 1.807) is 4.57 Å². The number of aromatic nitrogens is 1. The van der Waals surface area contributed by atoms with Crippen LogP contribution in [0.2, 0.25) is 5.02 Å². The Labute approximate surface area is 155 Å². The van der Waals surface area contributed by atoms with Crippen LogP contribution in [0, 0.1) is 5.82 Å². The van der Waals surface area contributed by atoms with Gasteiger partial charge in [-0.15, -0.1) is 0 Å². The zero-order valence-corrected chi connectivity index (χ0v) is 14.8. The monoisotopic (exact) mass is 372 g/mol. The molecule has 0 bridgehead atoms. The van der Waals surface area contributed by atoms with Crippen LogP contribution in [0.4, 0.5) is 4.39 Å². The van der Waals surface area contributed by atoms with Crippen molar-refractivity contribution in [3.05, 3.63) is 64.6 Å². The van der Waals surface area contributed by atoms with Crippen molar-refractivity contribution in [3.8, 4) is 5.69 Å². The molecule has 0 saturated carbocycles. The Kier molecular flexibility index (Phi) is 4.42. The molecule has 3 aromatic rings. The Morgan fingerprint density at radius 1 is 1.19 bits per heavy atom. The van der Waals surface area contributed by atoms with Gasteiger partial charge < -0.3 is 15.0 Å². The molecule has 0 aliphatic carbocycles. The van der Waals surface area contributed by atoms with E-state index in [0.717, 1.165) is 31.6 Å². The van der Waals surface area contributed by atoms with Crippen LogP contribution >= 0.6 is 11.6 Å². The summed E-state index contributed by atoms with van der Waals surface area (Å²) >= 11 is 6.03. The minimum atomic E-state index is -1.02. The summed E-state index contributed by atoms with van der Waals surface area (Å²) in [4.78, 5) is 12.2. The molecular weight excluding hydrogens is 355 g/mol. The van der Waals surface area contributed by atoms with Crippen molar-refractivity contribution >= 4 is 28.5 Å². The van der Waals surface area contributed by atoms with Gasteiger partial charge in [0, 0.05) is 11.1 Å². The predicted octanol–water partition coefficient (Wildman–Crippen LogP) is 4.59. The Hall–Kier alpha value is -2.37. The smallest absolute Gasteiger partial charge is 0.353 e. The third-order valence-electron chi connectivity index (χ3n) is 5.01. The van der Waals surface area contributed by atoms with E-state index in [0.29, 0.717) is 16.5 Å². The molecule has 1 aromatic heterocycles. The van der Waals surface area contributed by atoms with E-state index in [1.807, 2.05) is 30.3 Å². The fourth-order valence-corrected chi connectivity index (χ4v) is 4.04. The number of rotatable bonds is 3. The topological polar surface area (TPSA) is 54.3 Å². The fourth-order valence-electron chi connectivity index (χ4n) is 3.89. The number of para-hydroxylation sites is 1. The van der Waals surface area contributed by atoms with Crippen molar-refractivity contribution in [2.24, 2.45) is 0 Å². The Bertz CT molecular complexity index is 979. The van der Waals surface area contributed by atoms with Crippen molar-refractivity contribution in [1.29, 1.82) is 0 Å². The number of fused-ring (bicyclic) bond motifs is 1. The van der Waals surface area contributed by atoms with E-state index in [9.17, 15) is 14.3 Å². The third-order valence-corrected chi connectivity index (χ3v) is 5.30. The molecule has 26 heavy (non-hydrogen) atoms. The fraction of sp³-hybridized carbons (Fsp3) is 0.250. The van der Waals surface area contributed by atoms with Gasteiger partial charge in [0.25, 0.3) is 0 Å². The van der Waals surface area contributed by atoms with Crippen molar-refractivity contribution in [2.75, 3.05) is 13.1 Å². The van der Waals surface area contributed by atoms with Crippen LogP contribution in [0.5, 0.6) is 0 Å². The van der Waals surface area contributed by atoms with E-state index in [-0.39, 0.29) is 16.6 Å². The maximum atomic E-state index is 14.2. The number of hydrogen-bond acceptors (Lipinski definition) is 2. The number of aromatic carboxylic acids is 1. The Morgan fingerprint density at radius 2 is 1.88 bits per heavy atom. The first-order valence-electron chi connectivity index (χ1n) is 8.60. The minimum Gasteiger partial charge on any atom is -0.477 e. The van der Waals surface area contributed by atoms with E-state index >= 15 is 0 Å². The Morgan fingerprint density at radius 3 is 2.54 bits per heavy atom. The van der Waals surface area contributed by atoms with Crippen LogP contribution in [0.3, 0.4) is 0 Å². The number of nitrogens with zero attached hydrogens (tertiary/aromatic N) is 1. The average molecular weight is 373 g/mol. The molecule has 0 spiro atoms. The maximum absolute atomic E-state index is 14.2. The average Bonchev–Trinajstić information content (AvgIpc) is 2.98. The lowest BCUT2D eigenvalue weighted by atomic mass is 9.88. The lowest BCUT2D eigenvalue weighted by Gasteiger charge is -2.23. The summed E-state index contributed by atoms with van der Waals surface area (Å²) in [7, 11) is 0. The van der Waals surface area contributed by atoms with Crippen LogP contribution < -0.4 is 5.32 Å². The lowest BCUT2D eigenvalue weighted by molar-refractivity contribution is 0.0686. The summed E-state index contributed by atoms with van der Waals surface area (Å²) in [6.07, 6.45) is 1.64. The third kappa shape index (κ3) is 2.77. The summed E-state index contributed by atoms with van der Waals surface area (Å²) in [6, 6.07) is 12.2. The number of carboxylic acid groups (broad SMARTS) is 1. The largest absolute Gasteiger partial charge is 0.477 e. The highest BCUT2D eigenvalue weighted by Gasteiger charge is 2.30. The maximum Gasteiger partial charge on any atom is 0.353 e. The number of carbonyl (C=O) groups is 1. The van der Waals surface area contributed by atoms with E-state index < -0.39 is 11.8 Å². The predicted molar refractivity (Wildman–Crippen MR) is 100 cm³/mol. The van der Waals surface area contributed by atoms with Crippen LogP contribution in [0.25, 0.3) is 16.6 Å². The number of hydrogen-bond donors (Lipinski definition) is 2. The SMILES string of the molecule is O=C(O)c1c(C2CCNCC2)c2cc(F)c(Cl)cc2n1-c1ccccc1. The quantitative estimate of drug-likeness (QED) is 0.707. The summed E-state index contributed by atoms with van der Waals surface area (Å²) in [5.41, 5.74) is 2.24. The van der Waals surface area contributed by atoms with Crippen LogP contribution in [-0.2, 0) is 0 Å². The number of benzene rings is 2. The molecule has 4 nitrogen and oxygen atoms in total. The van der Waals surface area contributed by atoms with Crippen LogP contribution in [0.1, 0.15) is 34.8 Å². The second kappa shape index (κ2) is 6.74. The Balaban J connectivity index is 2.10. The van der Waals surface area contributed by atoms with Gasteiger partial charge in [-0.05, 0) is 61.7 Å². The minimum absolute atomic E-state index is 0.0130. The number of piperidine rings is 1. The molecular formula is C20H18ClFN2O2. The number of nitrogens with one attached hydrogen (secondary N) is 1. The molecule has 1 aliphatic rings. The van der Waals surface area contributed by atoms with Gasteiger partial charge in [0.1, 0.15) is 11.5 Å². The van der Waals surface area contributed by atoms with E-state index in [4.69, 9.17) is 11.6 Å². The molecule has 0 radical (unpaired) electrons. The van der Waals surface area contributed by atoms with Crippen molar-refractivity contribution in [3.63, 3.8) is 0 Å². The summed E-state index contributed by atoms with van der Waals surface area (Å²) in [5, 5.41) is 13.9. The first-order valence-corrected chi connectivity index (χ1v) is 8.98. The molecule has 1 aliphatic heterocycles. The second-order valence-corrected chi connectivity index (χ2v) is 6.95.